The van der Waals surface area contributed by atoms with E-state index in [0.29, 0.717) is 17.7 Å². The van der Waals surface area contributed by atoms with Gasteiger partial charge in [0.2, 0.25) is 0 Å². The van der Waals surface area contributed by atoms with E-state index in [2.05, 4.69) is 10.3 Å². The quantitative estimate of drug-likeness (QED) is 0.328. The van der Waals surface area contributed by atoms with Crippen molar-refractivity contribution in [3.8, 4) is 5.75 Å². The van der Waals surface area contributed by atoms with Gasteiger partial charge in [0.25, 0.3) is 5.91 Å². The van der Waals surface area contributed by atoms with Crippen LogP contribution in [0.25, 0.3) is 10.9 Å². The van der Waals surface area contributed by atoms with Crippen LogP contribution in [0.3, 0.4) is 0 Å². The van der Waals surface area contributed by atoms with Crippen molar-refractivity contribution in [3.63, 3.8) is 0 Å². The number of para-hydroxylation sites is 1. The van der Waals surface area contributed by atoms with Gasteiger partial charge in [-0.2, -0.15) is 0 Å². The normalized spacial score (nSPS) is 15.6. The molecule has 2 heterocycles. The van der Waals surface area contributed by atoms with Crippen molar-refractivity contribution >= 4 is 28.7 Å². The lowest BCUT2D eigenvalue weighted by Gasteiger charge is -2.25. The molecule has 8 nitrogen and oxygen atoms in total. The molecule has 4 aromatic rings. The van der Waals surface area contributed by atoms with Gasteiger partial charge in [0.15, 0.2) is 6.61 Å². The number of nitrogens with one attached hydrogen (secondary N) is 2. The highest BCUT2D eigenvalue weighted by Gasteiger charge is 2.27. The molecular formula is C28H24N2O6. The molecule has 2 atom stereocenters. The molecule has 0 saturated carbocycles. The van der Waals surface area contributed by atoms with Crippen LogP contribution < -0.4 is 10.1 Å². The summed E-state index contributed by atoms with van der Waals surface area (Å²) < 4.78 is 11.1. The molecule has 0 bridgehead atoms. The maximum atomic E-state index is 12.4. The fraction of sp³-hybridized carbons (Fsp3) is 0.179. The van der Waals surface area contributed by atoms with E-state index in [4.69, 9.17) is 9.47 Å². The van der Waals surface area contributed by atoms with Crippen molar-refractivity contribution in [1.29, 1.82) is 0 Å². The lowest BCUT2D eigenvalue weighted by Crippen LogP contribution is -2.44. The number of benzene rings is 3. The minimum atomic E-state index is -1.12. The predicted octanol–water partition coefficient (Wildman–Crippen LogP) is 3.81. The topological polar surface area (TPSA) is 118 Å². The third-order valence-corrected chi connectivity index (χ3v) is 6.25. The maximum Gasteiger partial charge on any atom is 0.339 e. The Morgan fingerprint density at radius 1 is 1.06 bits per heavy atom. The molecule has 0 unspecified atom stereocenters. The number of hydrogen-bond donors (Lipinski definition) is 3. The standard InChI is InChI=1S/C28H24N2O6/c31-26(30-24(27(32)33)13-19-15-29-23-8-4-3-6-21(19)23)16-35-20-11-9-17(10-12-20)25-14-18-5-1-2-7-22(18)28(34)36-25/h1-12,15,24-25,29H,13-14,16H2,(H,30,31)(H,32,33)/t24-,25-/m0/s1. The summed E-state index contributed by atoms with van der Waals surface area (Å²) in [6.45, 7) is -0.331. The Labute approximate surface area is 206 Å². The largest absolute Gasteiger partial charge is 0.484 e. The smallest absolute Gasteiger partial charge is 0.339 e. The number of aromatic amines is 1. The number of carboxylic acid groups (broad SMARTS) is 1. The Morgan fingerprint density at radius 3 is 2.61 bits per heavy atom. The molecule has 8 heteroatoms. The van der Waals surface area contributed by atoms with Crippen LogP contribution >= 0.6 is 0 Å². The summed E-state index contributed by atoms with van der Waals surface area (Å²) >= 11 is 0. The fourth-order valence-electron chi connectivity index (χ4n) is 4.40. The Balaban J connectivity index is 1.17. The Kier molecular flexibility index (Phi) is 6.40. The number of H-pyrrole nitrogens is 1. The van der Waals surface area contributed by atoms with E-state index < -0.39 is 24.0 Å². The fourth-order valence-corrected chi connectivity index (χ4v) is 4.40. The van der Waals surface area contributed by atoms with Crippen molar-refractivity contribution in [2.75, 3.05) is 6.61 Å². The van der Waals surface area contributed by atoms with Crippen molar-refractivity contribution in [2.45, 2.75) is 25.0 Å². The SMILES string of the molecule is O=C(COc1ccc([C@@H]2Cc3ccccc3C(=O)O2)cc1)N[C@@H](Cc1c[nH]c2ccccc12)C(=O)O. The number of esters is 1. The highest BCUT2D eigenvalue weighted by Crippen LogP contribution is 2.31. The highest BCUT2D eigenvalue weighted by atomic mass is 16.5. The molecule has 182 valence electrons. The van der Waals surface area contributed by atoms with E-state index in [-0.39, 0.29) is 19.0 Å². The second kappa shape index (κ2) is 9.95. The first-order valence-electron chi connectivity index (χ1n) is 11.6. The molecule has 3 aromatic carbocycles. The van der Waals surface area contributed by atoms with Crippen LogP contribution in [-0.4, -0.2) is 40.6 Å². The molecule has 0 aliphatic carbocycles. The second-order valence-electron chi connectivity index (χ2n) is 8.63. The van der Waals surface area contributed by atoms with Crippen LogP contribution in [0, 0.1) is 0 Å². The second-order valence-corrected chi connectivity index (χ2v) is 8.63. The number of carboxylic acids is 1. The van der Waals surface area contributed by atoms with Crippen LogP contribution in [0.5, 0.6) is 5.75 Å². The number of carbonyl (C=O) groups is 3. The zero-order chi connectivity index (χ0) is 25.1. The Hall–Kier alpha value is -4.59. The maximum absolute atomic E-state index is 12.4. The van der Waals surface area contributed by atoms with Crippen LogP contribution in [0.4, 0.5) is 0 Å². The number of aliphatic carboxylic acids is 1. The average Bonchev–Trinajstić information content (AvgIpc) is 3.30. The summed E-state index contributed by atoms with van der Waals surface area (Å²) in [5.41, 5.74) is 4.06. The first kappa shape index (κ1) is 23.2. The Morgan fingerprint density at radius 2 is 1.81 bits per heavy atom. The summed E-state index contributed by atoms with van der Waals surface area (Å²) in [4.78, 5) is 39.6. The first-order chi connectivity index (χ1) is 17.5. The van der Waals surface area contributed by atoms with Crippen molar-refractivity contribution in [3.05, 3.63) is 101 Å². The molecule has 3 N–H and O–H groups in total. The van der Waals surface area contributed by atoms with Gasteiger partial charge in [0.05, 0.1) is 5.56 Å². The van der Waals surface area contributed by atoms with Gasteiger partial charge in [-0.3, -0.25) is 4.79 Å². The number of ether oxygens (including phenoxy) is 2. The van der Waals surface area contributed by atoms with Gasteiger partial charge in [-0.1, -0.05) is 48.5 Å². The lowest BCUT2D eigenvalue weighted by atomic mass is 9.95. The van der Waals surface area contributed by atoms with Crippen molar-refractivity contribution in [2.24, 2.45) is 0 Å². The molecular weight excluding hydrogens is 460 g/mol. The summed E-state index contributed by atoms with van der Waals surface area (Å²) in [5, 5.41) is 13.1. The highest BCUT2D eigenvalue weighted by molar-refractivity contribution is 5.92. The van der Waals surface area contributed by atoms with Gasteiger partial charge in [-0.15, -0.1) is 0 Å². The summed E-state index contributed by atoms with van der Waals surface area (Å²) in [5.74, 6) is -1.56. The van der Waals surface area contributed by atoms with E-state index in [1.165, 1.54) is 0 Å². The Bertz CT molecular complexity index is 1430. The van der Waals surface area contributed by atoms with Crippen LogP contribution in [0.15, 0.2) is 79.0 Å². The third kappa shape index (κ3) is 4.93. The van der Waals surface area contributed by atoms with E-state index in [1.807, 2.05) is 42.5 Å². The number of hydrogen-bond acceptors (Lipinski definition) is 5. The minimum Gasteiger partial charge on any atom is -0.484 e. The van der Waals surface area contributed by atoms with E-state index in [0.717, 1.165) is 27.6 Å². The number of fused-ring (bicyclic) bond motifs is 2. The lowest BCUT2D eigenvalue weighted by molar-refractivity contribution is -0.142. The number of aromatic nitrogens is 1. The molecule has 0 radical (unpaired) electrons. The first-order valence-corrected chi connectivity index (χ1v) is 11.6. The van der Waals surface area contributed by atoms with Crippen molar-refractivity contribution in [1.82, 2.24) is 10.3 Å². The van der Waals surface area contributed by atoms with Gasteiger partial charge >= 0.3 is 11.9 Å². The van der Waals surface area contributed by atoms with Gasteiger partial charge in [0, 0.05) is 29.9 Å². The molecule has 0 saturated heterocycles. The van der Waals surface area contributed by atoms with E-state index in [1.54, 1.807) is 36.5 Å². The van der Waals surface area contributed by atoms with Gasteiger partial charge in [-0.25, -0.2) is 9.59 Å². The number of cyclic esters (lactones) is 1. The summed E-state index contributed by atoms with van der Waals surface area (Å²) in [7, 11) is 0. The van der Waals surface area contributed by atoms with Gasteiger partial charge in [-0.05, 0) is 41.0 Å². The number of amides is 1. The zero-order valence-electron chi connectivity index (χ0n) is 19.3. The monoisotopic (exact) mass is 484 g/mol. The van der Waals surface area contributed by atoms with Crippen molar-refractivity contribution < 1.29 is 29.0 Å². The molecule has 1 aliphatic rings. The average molecular weight is 485 g/mol. The van der Waals surface area contributed by atoms with Crippen LogP contribution in [0.1, 0.15) is 33.2 Å². The predicted molar refractivity (Wildman–Crippen MR) is 132 cm³/mol. The van der Waals surface area contributed by atoms with E-state index in [9.17, 15) is 19.5 Å². The van der Waals surface area contributed by atoms with Crippen LogP contribution in [-0.2, 0) is 27.2 Å². The molecule has 36 heavy (non-hydrogen) atoms. The van der Waals surface area contributed by atoms with Gasteiger partial charge in [0.1, 0.15) is 17.9 Å². The third-order valence-electron chi connectivity index (χ3n) is 6.25. The van der Waals surface area contributed by atoms with Gasteiger partial charge < -0.3 is 24.9 Å². The number of rotatable bonds is 8. The summed E-state index contributed by atoms with van der Waals surface area (Å²) in [6, 6.07) is 20.8. The molecule has 1 aromatic heterocycles. The molecule has 1 amide bonds. The molecule has 0 spiro atoms. The molecule has 0 fully saturated rings. The summed E-state index contributed by atoms with van der Waals surface area (Å²) in [6.07, 6.45) is 2.08. The molecule has 5 rings (SSSR count). The molecule has 1 aliphatic heterocycles. The minimum absolute atomic E-state index is 0.142. The number of carbonyl (C=O) groups excluding carboxylic acids is 2. The zero-order valence-corrected chi connectivity index (χ0v) is 19.3. The van der Waals surface area contributed by atoms with E-state index >= 15 is 0 Å². The van der Waals surface area contributed by atoms with Crippen LogP contribution in [0.2, 0.25) is 0 Å².